The topological polar surface area (TPSA) is 32.6 Å². The minimum Gasteiger partial charge on any atom is -0.411 e. The summed E-state index contributed by atoms with van der Waals surface area (Å²) in [7, 11) is 0. The number of oxime groups is 1. The summed E-state index contributed by atoms with van der Waals surface area (Å²) in [6.07, 6.45) is 8.30. The van der Waals surface area contributed by atoms with Crippen molar-refractivity contribution in [1.82, 2.24) is 0 Å². The summed E-state index contributed by atoms with van der Waals surface area (Å²) in [6.45, 7) is 2.27. The maximum absolute atomic E-state index is 8.19. The Balaban J connectivity index is 2.35. The number of allylic oxidation sites excluding steroid dienone is 2. The molecule has 1 aliphatic carbocycles. The first-order valence-electron chi connectivity index (χ1n) is 4.16. The van der Waals surface area contributed by atoms with Gasteiger partial charge in [-0.25, -0.2) is 0 Å². The maximum atomic E-state index is 8.19. The third-order valence-electron chi connectivity index (χ3n) is 2.20. The Morgan fingerprint density at radius 2 is 2.64 bits per heavy atom. The summed E-state index contributed by atoms with van der Waals surface area (Å²) in [5.41, 5.74) is 1.42. The van der Waals surface area contributed by atoms with Crippen LogP contribution in [0.3, 0.4) is 0 Å². The molecule has 0 spiro atoms. The van der Waals surface area contributed by atoms with Crippen LogP contribution >= 0.6 is 0 Å². The molecule has 62 valence electrons. The largest absolute Gasteiger partial charge is 0.411 e. The fourth-order valence-electron chi connectivity index (χ4n) is 1.36. The number of rotatable bonds is 2. The van der Waals surface area contributed by atoms with Gasteiger partial charge in [0, 0.05) is 12.6 Å². The second kappa shape index (κ2) is 4.16. The van der Waals surface area contributed by atoms with Crippen LogP contribution in [-0.4, -0.2) is 11.4 Å². The van der Waals surface area contributed by atoms with Crippen molar-refractivity contribution in [1.29, 1.82) is 0 Å². The summed E-state index contributed by atoms with van der Waals surface area (Å²) >= 11 is 0. The highest BCUT2D eigenvalue weighted by molar-refractivity contribution is 5.60. The summed E-state index contributed by atoms with van der Waals surface area (Å²) in [4.78, 5) is 0. The van der Waals surface area contributed by atoms with Gasteiger partial charge in [0.1, 0.15) is 0 Å². The van der Waals surface area contributed by atoms with E-state index < -0.39 is 0 Å². The molecule has 1 N–H and O–H groups in total. The standard InChI is InChI=1S/C9H15NO/c1-8-2-4-9(5-3-8)6-7-10-11/h4,7-8,11H,2-3,5-6H2,1H3/t8-/m0/s1. The van der Waals surface area contributed by atoms with Crippen molar-refractivity contribution in [3.8, 4) is 0 Å². The molecule has 0 bridgehead atoms. The van der Waals surface area contributed by atoms with Gasteiger partial charge in [0.2, 0.25) is 0 Å². The second-order valence-corrected chi connectivity index (χ2v) is 3.24. The highest BCUT2D eigenvalue weighted by Gasteiger charge is 2.08. The van der Waals surface area contributed by atoms with Gasteiger partial charge in [0.15, 0.2) is 0 Å². The Morgan fingerprint density at radius 1 is 1.82 bits per heavy atom. The normalized spacial score (nSPS) is 25.5. The number of hydrogen-bond donors (Lipinski definition) is 1. The van der Waals surface area contributed by atoms with Gasteiger partial charge in [-0.15, -0.1) is 5.16 Å². The molecule has 0 amide bonds. The van der Waals surface area contributed by atoms with Crippen LogP contribution in [-0.2, 0) is 0 Å². The van der Waals surface area contributed by atoms with Crippen LogP contribution < -0.4 is 0 Å². The lowest BCUT2D eigenvalue weighted by Crippen LogP contribution is -2.01. The first-order valence-corrected chi connectivity index (χ1v) is 4.16. The Morgan fingerprint density at radius 3 is 3.18 bits per heavy atom. The van der Waals surface area contributed by atoms with Crippen LogP contribution in [0.15, 0.2) is 16.8 Å². The predicted octanol–water partition coefficient (Wildman–Crippen LogP) is 2.58. The molecule has 0 saturated carbocycles. The van der Waals surface area contributed by atoms with Crippen molar-refractivity contribution in [2.24, 2.45) is 11.1 Å². The van der Waals surface area contributed by atoms with Crippen molar-refractivity contribution in [2.75, 3.05) is 0 Å². The predicted molar refractivity (Wildman–Crippen MR) is 46.0 cm³/mol. The quantitative estimate of drug-likeness (QED) is 0.281. The average Bonchev–Trinajstić information content (AvgIpc) is 2.04. The van der Waals surface area contributed by atoms with Gasteiger partial charge in [-0.3, -0.25) is 0 Å². The first kappa shape index (κ1) is 8.31. The summed E-state index contributed by atoms with van der Waals surface area (Å²) in [5.74, 6) is 0.838. The van der Waals surface area contributed by atoms with Gasteiger partial charge in [0.25, 0.3) is 0 Å². The third-order valence-corrected chi connectivity index (χ3v) is 2.20. The summed E-state index contributed by atoms with van der Waals surface area (Å²) < 4.78 is 0. The van der Waals surface area contributed by atoms with Crippen LogP contribution in [0.25, 0.3) is 0 Å². The molecule has 1 rings (SSSR count). The Kier molecular flexibility index (Phi) is 3.14. The van der Waals surface area contributed by atoms with E-state index in [1.807, 2.05) is 0 Å². The van der Waals surface area contributed by atoms with E-state index in [-0.39, 0.29) is 0 Å². The highest BCUT2D eigenvalue weighted by atomic mass is 16.4. The van der Waals surface area contributed by atoms with E-state index in [9.17, 15) is 0 Å². The van der Waals surface area contributed by atoms with E-state index in [1.54, 1.807) is 6.21 Å². The molecular formula is C9H15NO. The molecule has 0 saturated heterocycles. The molecule has 0 aromatic carbocycles. The fourth-order valence-corrected chi connectivity index (χ4v) is 1.36. The number of hydrogen-bond acceptors (Lipinski definition) is 2. The third kappa shape index (κ3) is 2.74. The zero-order valence-electron chi connectivity index (χ0n) is 6.95. The molecule has 0 aliphatic heterocycles. The molecule has 0 heterocycles. The molecule has 2 heteroatoms. The molecule has 11 heavy (non-hydrogen) atoms. The highest BCUT2D eigenvalue weighted by Crippen LogP contribution is 2.23. The zero-order chi connectivity index (χ0) is 8.10. The van der Waals surface area contributed by atoms with E-state index in [1.165, 1.54) is 24.8 Å². The monoisotopic (exact) mass is 153 g/mol. The molecule has 0 unspecified atom stereocenters. The van der Waals surface area contributed by atoms with Crippen molar-refractivity contribution >= 4 is 6.21 Å². The SMILES string of the molecule is C[C@H]1CC=C(CC=NO)CC1. The maximum Gasteiger partial charge on any atom is 0.0476 e. The molecule has 1 aliphatic rings. The molecule has 0 fully saturated rings. The van der Waals surface area contributed by atoms with Crippen LogP contribution in [0.4, 0.5) is 0 Å². The minimum absolute atomic E-state index is 0.823. The van der Waals surface area contributed by atoms with Gasteiger partial charge >= 0.3 is 0 Å². The number of nitrogens with zero attached hydrogens (tertiary/aromatic N) is 1. The van der Waals surface area contributed by atoms with Gasteiger partial charge in [0.05, 0.1) is 0 Å². The van der Waals surface area contributed by atoms with Crippen LogP contribution in [0.1, 0.15) is 32.6 Å². The van der Waals surface area contributed by atoms with Gasteiger partial charge in [-0.2, -0.15) is 0 Å². The fraction of sp³-hybridized carbons (Fsp3) is 0.667. The van der Waals surface area contributed by atoms with E-state index in [4.69, 9.17) is 5.21 Å². The van der Waals surface area contributed by atoms with Gasteiger partial charge in [-0.1, -0.05) is 18.6 Å². The van der Waals surface area contributed by atoms with Crippen LogP contribution in [0, 0.1) is 5.92 Å². The van der Waals surface area contributed by atoms with Crippen molar-refractivity contribution in [3.63, 3.8) is 0 Å². The van der Waals surface area contributed by atoms with Crippen molar-refractivity contribution < 1.29 is 5.21 Å². The molecule has 0 aromatic rings. The summed E-state index contributed by atoms with van der Waals surface area (Å²) in [6, 6.07) is 0. The summed E-state index contributed by atoms with van der Waals surface area (Å²) in [5, 5.41) is 11.2. The van der Waals surface area contributed by atoms with Crippen molar-refractivity contribution in [2.45, 2.75) is 32.6 Å². The Labute approximate surface area is 67.6 Å². The van der Waals surface area contributed by atoms with Gasteiger partial charge < -0.3 is 5.21 Å². The lowest BCUT2D eigenvalue weighted by Gasteiger charge is -2.16. The second-order valence-electron chi connectivity index (χ2n) is 3.24. The molecule has 0 aromatic heterocycles. The van der Waals surface area contributed by atoms with Crippen LogP contribution in [0.2, 0.25) is 0 Å². The molecule has 2 nitrogen and oxygen atoms in total. The lowest BCUT2D eigenvalue weighted by molar-refractivity contribution is 0.320. The lowest BCUT2D eigenvalue weighted by atomic mass is 9.90. The Hall–Kier alpha value is -0.790. The van der Waals surface area contributed by atoms with Crippen molar-refractivity contribution in [3.05, 3.63) is 11.6 Å². The zero-order valence-corrected chi connectivity index (χ0v) is 6.95. The van der Waals surface area contributed by atoms with E-state index in [0.717, 1.165) is 12.3 Å². The van der Waals surface area contributed by atoms with E-state index in [2.05, 4.69) is 18.2 Å². The minimum atomic E-state index is 0.823. The van der Waals surface area contributed by atoms with E-state index in [0.29, 0.717) is 0 Å². The smallest absolute Gasteiger partial charge is 0.0476 e. The molecular weight excluding hydrogens is 138 g/mol. The van der Waals surface area contributed by atoms with Crippen LogP contribution in [0.5, 0.6) is 0 Å². The Bertz CT molecular complexity index is 172. The molecule has 1 atom stereocenters. The first-order chi connectivity index (χ1) is 5.33. The average molecular weight is 153 g/mol. The van der Waals surface area contributed by atoms with E-state index >= 15 is 0 Å². The van der Waals surface area contributed by atoms with Gasteiger partial charge in [-0.05, 0) is 25.2 Å². The molecule has 0 radical (unpaired) electrons.